The van der Waals surface area contributed by atoms with Crippen LogP contribution in [0.2, 0.25) is 0 Å². The van der Waals surface area contributed by atoms with Gasteiger partial charge in [-0.2, -0.15) is 0 Å². The van der Waals surface area contributed by atoms with Crippen molar-refractivity contribution in [3.8, 4) is 5.75 Å². The van der Waals surface area contributed by atoms with Crippen molar-refractivity contribution in [2.45, 2.75) is 19.3 Å². The molecule has 0 aliphatic carbocycles. The van der Waals surface area contributed by atoms with E-state index in [0.29, 0.717) is 24.5 Å². The van der Waals surface area contributed by atoms with Crippen LogP contribution in [0.15, 0.2) is 29.3 Å². The van der Waals surface area contributed by atoms with Crippen molar-refractivity contribution >= 4 is 15.8 Å². The molecule has 0 unspecified atom stereocenters. The van der Waals surface area contributed by atoms with Gasteiger partial charge in [0.15, 0.2) is 5.96 Å². The Balaban J connectivity index is 2.55. The standard InChI is InChI=1S/C14H20F3N3O3S/c1-18-13(19-8-5-9-24(2,21)22)20-10-11-6-3-4-7-12(11)23-14(15,16)17/h3-4,6-7H,5,8-10H2,1-2H3,(H2,18,19,20). The lowest BCUT2D eigenvalue weighted by Crippen LogP contribution is -2.37. The average molecular weight is 367 g/mol. The summed E-state index contributed by atoms with van der Waals surface area (Å²) in [7, 11) is -1.53. The monoisotopic (exact) mass is 367 g/mol. The quantitative estimate of drug-likeness (QED) is 0.436. The van der Waals surface area contributed by atoms with Gasteiger partial charge in [-0.3, -0.25) is 4.99 Å². The van der Waals surface area contributed by atoms with E-state index in [1.807, 2.05) is 0 Å². The van der Waals surface area contributed by atoms with Crippen LogP contribution in [0, 0.1) is 0 Å². The lowest BCUT2D eigenvalue weighted by Gasteiger charge is -2.15. The van der Waals surface area contributed by atoms with Gasteiger partial charge in [-0.05, 0) is 12.5 Å². The molecule has 0 aliphatic heterocycles. The van der Waals surface area contributed by atoms with Crippen molar-refractivity contribution in [1.29, 1.82) is 0 Å². The van der Waals surface area contributed by atoms with Gasteiger partial charge in [-0.15, -0.1) is 13.2 Å². The minimum absolute atomic E-state index is 0.0409. The highest BCUT2D eigenvalue weighted by molar-refractivity contribution is 7.90. The summed E-state index contributed by atoms with van der Waals surface area (Å²) in [4.78, 5) is 3.92. The summed E-state index contributed by atoms with van der Waals surface area (Å²) in [5.41, 5.74) is 0.314. The summed E-state index contributed by atoms with van der Waals surface area (Å²) in [6, 6.07) is 5.78. The fourth-order valence-electron chi connectivity index (χ4n) is 1.81. The molecule has 0 fully saturated rings. The van der Waals surface area contributed by atoms with Gasteiger partial charge in [-0.25, -0.2) is 8.42 Å². The number of sulfone groups is 1. The number of guanidine groups is 1. The maximum atomic E-state index is 12.4. The van der Waals surface area contributed by atoms with Crippen LogP contribution in [0.4, 0.5) is 13.2 Å². The van der Waals surface area contributed by atoms with Crippen LogP contribution < -0.4 is 15.4 Å². The van der Waals surface area contributed by atoms with Crippen LogP contribution in [0.25, 0.3) is 0 Å². The number of alkyl halides is 3. The van der Waals surface area contributed by atoms with E-state index in [4.69, 9.17) is 0 Å². The van der Waals surface area contributed by atoms with Gasteiger partial charge in [0.1, 0.15) is 15.6 Å². The first-order valence-electron chi connectivity index (χ1n) is 7.06. The number of aliphatic imine (C=N–C) groups is 1. The summed E-state index contributed by atoms with van der Waals surface area (Å²) in [5.74, 6) is 0.106. The molecule has 1 aromatic rings. The van der Waals surface area contributed by atoms with E-state index in [9.17, 15) is 21.6 Å². The molecule has 0 spiro atoms. The van der Waals surface area contributed by atoms with Crippen molar-refractivity contribution < 1.29 is 26.3 Å². The molecule has 0 saturated carbocycles. The highest BCUT2D eigenvalue weighted by Crippen LogP contribution is 2.25. The second-order valence-corrected chi connectivity index (χ2v) is 7.25. The molecule has 1 aromatic carbocycles. The van der Waals surface area contributed by atoms with Crippen molar-refractivity contribution in [3.05, 3.63) is 29.8 Å². The van der Waals surface area contributed by atoms with Gasteiger partial charge >= 0.3 is 6.36 Å². The normalized spacial score (nSPS) is 12.8. The number of nitrogens with zero attached hydrogens (tertiary/aromatic N) is 1. The number of ether oxygens (including phenoxy) is 1. The Kier molecular flexibility index (Phi) is 7.33. The topological polar surface area (TPSA) is 79.8 Å². The first-order chi connectivity index (χ1) is 11.1. The molecule has 2 N–H and O–H groups in total. The molecule has 0 heterocycles. The van der Waals surface area contributed by atoms with Gasteiger partial charge in [0.2, 0.25) is 0 Å². The third kappa shape index (κ3) is 8.61. The Hall–Kier alpha value is -1.97. The Morgan fingerprint density at radius 2 is 1.92 bits per heavy atom. The molecule has 0 aromatic heterocycles. The molecule has 0 saturated heterocycles. The van der Waals surface area contributed by atoms with Gasteiger partial charge in [0.25, 0.3) is 0 Å². The smallest absolute Gasteiger partial charge is 0.405 e. The van der Waals surface area contributed by atoms with Crippen molar-refractivity contribution in [2.24, 2.45) is 4.99 Å². The van der Waals surface area contributed by atoms with Gasteiger partial charge < -0.3 is 15.4 Å². The predicted octanol–water partition coefficient (Wildman–Crippen LogP) is 1.68. The molecule has 0 aliphatic rings. The second kappa shape index (κ2) is 8.76. The summed E-state index contributed by atoms with van der Waals surface area (Å²) in [5, 5.41) is 5.74. The number of para-hydroxylation sites is 1. The van der Waals surface area contributed by atoms with Crippen molar-refractivity contribution in [1.82, 2.24) is 10.6 Å². The van der Waals surface area contributed by atoms with E-state index in [0.717, 1.165) is 6.26 Å². The molecular weight excluding hydrogens is 347 g/mol. The number of nitrogens with one attached hydrogen (secondary N) is 2. The van der Waals surface area contributed by atoms with E-state index >= 15 is 0 Å². The van der Waals surface area contributed by atoms with Crippen LogP contribution in [-0.2, 0) is 16.4 Å². The van der Waals surface area contributed by atoms with E-state index in [1.165, 1.54) is 25.2 Å². The largest absolute Gasteiger partial charge is 0.573 e. The average Bonchev–Trinajstić information content (AvgIpc) is 2.45. The van der Waals surface area contributed by atoms with Crippen LogP contribution in [0.3, 0.4) is 0 Å². The van der Waals surface area contributed by atoms with E-state index in [-0.39, 0.29) is 18.0 Å². The van der Waals surface area contributed by atoms with Gasteiger partial charge in [0, 0.05) is 32.0 Å². The van der Waals surface area contributed by atoms with Gasteiger partial charge in [-0.1, -0.05) is 18.2 Å². The maximum Gasteiger partial charge on any atom is 0.573 e. The van der Waals surface area contributed by atoms with Gasteiger partial charge in [0.05, 0.1) is 5.75 Å². The second-order valence-electron chi connectivity index (χ2n) is 4.99. The highest BCUT2D eigenvalue weighted by Gasteiger charge is 2.31. The zero-order chi connectivity index (χ0) is 18.2. The highest BCUT2D eigenvalue weighted by atomic mass is 32.2. The Morgan fingerprint density at radius 1 is 1.25 bits per heavy atom. The van der Waals surface area contributed by atoms with E-state index in [1.54, 1.807) is 6.07 Å². The first-order valence-corrected chi connectivity index (χ1v) is 9.12. The van der Waals surface area contributed by atoms with Crippen LogP contribution in [0.1, 0.15) is 12.0 Å². The first kappa shape index (κ1) is 20.1. The van der Waals surface area contributed by atoms with E-state index < -0.39 is 16.2 Å². The maximum absolute atomic E-state index is 12.4. The fourth-order valence-corrected chi connectivity index (χ4v) is 2.48. The van der Waals surface area contributed by atoms with Crippen LogP contribution >= 0.6 is 0 Å². The fraction of sp³-hybridized carbons (Fsp3) is 0.500. The predicted molar refractivity (Wildman–Crippen MR) is 85.7 cm³/mol. The molecule has 0 bridgehead atoms. The number of halogens is 3. The Morgan fingerprint density at radius 3 is 2.50 bits per heavy atom. The summed E-state index contributed by atoms with van der Waals surface area (Å²) in [6.45, 7) is 0.436. The van der Waals surface area contributed by atoms with Crippen molar-refractivity contribution in [3.63, 3.8) is 0 Å². The zero-order valence-corrected chi connectivity index (χ0v) is 14.2. The Bertz CT molecular complexity index is 661. The molecule has 136 valence electrons. The molecule has 0 atom stereocenters. The summed E-state index contributed by atoms with van der Waals surface area (Å²) < 4.78 is 63.1. The lowest BCUT2D eigenvalue weighted by atomic mass is 10.2. The molecule has 1 rings (SSSR count). The minimum Gasteiger partial charge on any atom is -0.405 e. The Labute approximate surface area is 139 Å². The lowest BCUT2D eigenvalue weighted by molar-refractivity contribution is -0.274. The minimum atomic E-state index is -4.76. The molecule has 6 nitrogen and oxygen atoms in total. The molecule has 0 amide bonds. The van der Waals surface area contributed by atoms with Crippen molar-refractivity contribution in [2.75, 3.05) is 25.6 Å². The third-order valence-corrected chi connectivity index (χ3v) is 3.88. The number of benzene rings is 1. The summed E-state index contributed by atoms with van der Waals surface area (Å²) >= 11 is 0. The molecule has 24 heavy (non-hydrogen) atoms. The number of hydrogen-bond acceptors (Lipinski definition) is 4. The number of rotatable bonds is 7. The van der Waals surface area contributed by atoms with E-state index in [2.05, 4.69) is 20.4 Å². The zero-order valence-electron chi connectivity index (χ0n) is 13.4. The molecule has 10 heteroatoms. The molecular formula is C14H20F3N3O3S. The third-order valence-electron chi connectivity index (χ3n) is 2.85. The van der Waals surface area contributed by atoms with Crippen LogP contribution in [-0.4, -0.2) is 46.3 Å². The molecule has 0 radical (unpaired) electrons. The van der Waals surface area contributed by atoms with Crippen LogP contribution in [0.5, 0.6) is 5.75 Å². The SMILES string of the molecule is CN=C(NCCCS(C)(=O)=O)NCc1ccccc1OC(F)(F)F. The number of hydrogen-bond donors (Lipinski definition) is 2. The summed E-state index contributed by atoms with van der Waals surface area (Å²) in [6.07, 6.45) is -3.22.